The fourth-order valence-corrected chi connectivity index (χ4v) is 2.85. The summed E-state index contributed by atoms with van der Waals surface area (Å²) in [5, 5.41) is 4.55. The molecule has 0 saturated heterocycles. The SMILES string of the molecule is CNCc1sc(C2CCC2)nc1C. The Morgan fingerprint density at radius 3 is 2.85 bits per heavy atom. The molecule has 1 heterocycles. The van der Waals surface area contributed by atoms with E-state index in [1.54, 1.807) is 0 Å². The Balaban J connectivity index is 2.14. The summed E-state index contributed by atoms with van der Waals surface area (Å²) in [5.41, 5.74) is 1.22. The summed E-state index contributed by atoms with van der Waals surface area (Å²) in [6, 6.07) is 0. The zero-order chi connectivity index (χ0) is 9.26. The van der Waals surface area contributed by atoms with E-state index >= 15 is 0 Å². The molecular formula is C10H16N2S. The van der Waals surface area contributed by atoms with Crippen LogP contribution in [0, 0.1) is 6.92 Å². The molecule has 1 N–H and O–H groups in total. The molecule has 1 aliphatic carbocycles. The molecule has 72 valence electrons. The van der Waals surface area contributed by atoms with Gasteiger partial charge in [0, 0.05) is 17.3 Å². The lowest BCUT2D eigenvalue weighted by molar-refractivity contribution is 0.418. The van der Waals surface area contributed by atoms with Gasteiger partial charge in [-0.2, -0.15) is 0 Å². The van der Waals surface area contributed by atoms with Gasteiger partial charge in [0.05, 0.1) is 10.7 Å². The average Bonchev–Trinajstić information content (AvgIpc) is 2.30. The number of aromatic nitrogens is 1. The van der Waals surface area contributed by atoms with E-state index in [9.17, 15) is 0 Å². The van der Waals surface area contributed by atoms with E-state index in [0.717, 1.165) is 12.5 Å². The van der Waals surface area contributed by atoms with Crippen LogP contribution in [-0.4, -0.2) is 12.0 Å². The molecule has 1 fully saturated rings. The van der Waals surface area contributed by atoms with Crippen LogP contribution in [0.1, 0.15) is 40.8 Å². The first-order chi connectivity index (χ1) is 6.31. The molecule has 1 saturated carbocycles. The van der Waals surface area contributed by atoms with Gasteiger partial charge in [-0.3, -0.25) is 0 Å². The number of thiazole rings is 1. The Morgan fingerprint density at radius 1 is 1.54 bits per heavy atom. The second kappa shape index (κ2) is 3.76. The molecule has 0 aromatic carbocycles. The Labute approximate surface area is 83.4 Å². The Morgan fingerprint density at radius 2 is 2.31 bits per heavy atom. The minimum Gasteiger partial charge on any atom is -0.315 e. The van der Waals surface area contributed by atoms with Gasteiger partial charge >= 0.3 is 0 Å². The molecule has 0 spiro atoms. The quantitative estimate of drug-likeness (QED) is 0.803. The zero-order valence-corrected chi connectivity index (χ0v) is 9.08. The van der Waals surface area contributed by atoms with Gasteiger partial charge in [0.1, 0.15) is 0 Å². The van der Waals surface area contributed by atoms with Crippen molar-refractivity contribution < 1.29 is 0 Å². The van der Waals surface area contributed by atoms with Crippen molar-refractivity contribution in [2.45, 2.75) is 38.6 Å². The number of rotatable bonds is 3. The maximum absolute atomic E-state index is 4.63. The van der Waals surface area contributed by atoms with E-state index in [1.807, 2.05) is 18.4 Å². The van der Waals surface area contributed by atoms with Crippen LogP contribution < -0.4 is 5.32 Å². The number of hydrogen-bond acceptors (Lipinski definition) is 3. The first-order valence-electron chi connectivity index (χ1n) is 4.92. The second-order valence-corrected chi connectivity index (χ2v) is 4.83. The van der Waals surface area contributed by atoms with E-state index < -0.39 is 0 Å². The summed E-state index contributed by atoms with van der Waals surface area (Å²) in [4.78, 5) is 6.04. The second-order valence-electron chi connectivity index (χ2n) is 3.72. The summed E-state index contributed by atoms with van der Waals surface area (Å²) in [5.74, 6) is 0.786. The van der Waals surface area contributed by atoms with Crippen molar-refractivity contribution in [3.05, 3.63) is 15.6 Å². The van der Waals surface area contributed by atoms with E-state index in [-0.39, 0.29) is 0 Å². The predicted molar refractivity (Wildman–Crippen MR) is 56.2 cm³/mol. The summed E-state index contributed by atoms with van der Waals surface area (Å²) >= 11 is 1.89. The van der Waals surface area contributed by atoms with Gasteiger partial charge in [-0.15, -0.1) is 11.3 Å². The molecule has 1 aromatic heterocycles. The fraction of sp³-hybridized carbons (Fsp3) is 0.700. The maximum Gasteiger partial charge on any atom is 0.0962 e. The summed E-state index contributed by atoms with van der Waals surface area (Å²) in [6.07, 6.45) is 4.10. The van der Waals surface area contributed by atoms with Gasteiger partial charge in [0.25, 0.3) is 0 Å². The van der Waals surface area contributed by atoms with Crippen LogP contribution in [0.15, 0.2) is 0 Å². The molecule has 0 aliphatic heterocycles. The molecule has 0 unspecified atom stereocenters. The van der Waals surface area contributed by atoms with Crippen LogP contribution in [0.3, 0.4) is 0 Å². The van der Waals surface area contributed by atoms with Gasteiger partial charge in [-0.1, -0.05) is 6.42 Å². The third kappa shape index (κ3) is 1.76. The fourth-order valence-electron chi connectivity index (χ4n) is 1.60. The van der Waals surface area contributed by atoms with Crippen LogP contribution >= 0.6 is 11.3 Å². The molecule has 2 nitrogen and oxygen atoms in total. The van der Waals surface area contributed by atoms with Crippen molar-refractivity contribution in [2.24, 2.45) is 0 Å². The van der Waals surface area contributed by atoms with Gasteiger partial charge in [0.15, 0.2) is 0 Å². The summed E-state index contributed by atoms with van der Waals surface area (Å²) in [7, 11) is 1.99. The largest absolute Gasteiger partial charge is 0.315 e. The number of nitrogens with one attached hydrogen (secondary N) is 1. The molecule has 1 aromatic rings. The molecule has 0 radical (unpaired) electrons. The predicted octanol–water partition coefficient (Wildman–Crippen LogP) is 2.44. The first-order valence-corrected chi connectivity index (χ1v) is 5.73. The van der Waals surface area contributed by atoms with Crippen molar-refractivity contribution in [3.63, 3.8) is 0 Å². The maximum atomic E-state index is 4.63. The van der Waals surface area contributed by atoms with E-state index in [1.165, 1.54) is 34.8 Å². The van der Waals surface area contributed by atoms with Gasteiger partial charge in [0.2, 0.25) is 0 Å². The third-order valence-corrected chi connectivity index (χ3v) is 4.02. The lowest BCUT2D eigenvalue weighted by Gasteiger charge is -2.22. The highest BCUT2D eigenvalue weighted by atomic mass is 32.1. The van der Waals surface area contributed by atoms with Gasteiger partial charge in [-0.05, 0) is 26.8 Å². The van der Waals surface area contributed by atoms with E-state index in [4.69, 9.17) is 0 Å². The van der Waals surface area contributed by atoms with Gasteiger partial charge < -0.3 is 5.32 Å². The van der Waals surface area contributed by atoms with Gasteiger partial charge in [-0.25, -0.2) is 4.98 Å². The van der Waals surface area contributed by atoms with E-state index in [0.29, 0.717) is 0 Å². The number of hydrogen-bond donors (Lipinski definition) is 1. The Kier molecular flexibility index (Phi) is 2.65. The summed E-state index contributed by atoms with van der Waals surface area (Å²) < 4.78 is 0. The average molecular weight is 196 g/mol. The molecule has 1 aliphatic rings. The first kappa shape index (κ1) is 9.16. The van der Waals surface area contributed by atoms with E-state index in [2.05, 4.69) is 17.2 Å². The molecule has 0 bridgehead atoms. The molecule has 3 heteroatoms. The van der Waals surface area contributed by atoms with Crippen molar-refractivity contribution in [1.82, 2.24) is 10.3 Å². The molecule has 2 rings (SSSR count). The van der Waals surface area contributed by atoms with Crippen molar-refractivity contribution in [1.29, 1.82) is 0 Å². The Bertz CT molecular complexity index is 289. The van der Waals surface area contributed by atoms with Crippen LogP contribution in [0.5, 0.6) is 0 Å². The highest BCUT2D eigenvalue weighted by molar-refractivity contribution is 7.11. The van der Waals surface area contributed by atoms with Crippen LogP contribution in [0.2, 0.25) is 0 Å². The van der Waals surface area contributed by atoms with Crippen LogP contribution in [-0.2, 0) is 6.54 Å². The highest BCUT2D eigenvalue weighted by Crippen LogP contribution is 2.38. The monoisotopic (exact) mass is 196 g/mol. The van der Waals surface area contributed by atoms with Crippen molar-refractivity contribution in [2.75, 3.05) is 7.05 Å². The highest BCUT2D eigenvalue weighted by Gasteiger charge is 2.23. The lowest BCUT2D eigenvalue weighted by Crippen LogP contribution is -2.07. The topological polar surface area (TPSA) is 24.9 Å². The van der Waals surface area contributed by atoms with Crippen molar-refractivity contribution >= 4 is 11.3 Å². The van der Waals surface area contributed by atoms with Crippen LogP contribution in [0.4, 0.5) is 0 Å². The van der Waals surface area contributed by atoms with Crippen LogP contribution in [0.25, 0.3) is 0 Å². The minimum atomic E-state index is 0.786. The van der Waals surface area contributed by atoms with Crippen molar-refractivity contribution in [3.8, 4) is 0 Å². The molecular weight excluding hydrogens is 180 g/mol. The molecule has 0 atom stereocenters. The number of nitrogens with zero attached hydrogens (tertiary/aromatic N) is 1. The zero-order valence-electron chi connectivity index (χ0n) is 8.26. The summed E-state index contributed by atoms with van der Waals surface area (Å²) in [6.45, 7) is 3.08. The lowest BCUT2D eigenvalue weighted by atomic mass is 9.86. The smallest absolute Gasteiger partial charge is 0.0962 e. The molecule has 13 heavy (non-hydrogen) atoms. The Hall–Kier alpha value is -0.410. The normalized spacial score (nSPS) is 17.4. The third-order valence-electron chi connectivity index (χ3n) is 2.70. The standard InChI is InChI=1S/C10H16N2S/c1-7-9(6-11-2)13-10(12-7)8-4-3-5-8/h8,11H,3-6H2,1-2H3. The minimum absolute atomic E-state index is 0.786. The number of aryl methyl sites for hydroxylation is 1. The molecule has 0 amide bonds.